The maximum Gasteiger partial charge on any atom is 0.224 e. The third-order valence-corrected chi connectivity index (χ3v) is 4.71. The summed E-state index contributed by atoms with van der Waals surface area (Å²) in [5.74, 6) is 0.217. The van der Waals surface area contributed by atoms with Gasteiger partial charge in [-0.25, -0.2) is 0 Å². The molecule has 4 heteroatoms. The number of carbonyl (C=O) groups excluding carboxylic acids is 1. The van der Waals surface area contributed by atoms with E-state index in [0.29, 0.717) is 12.1 Å². The van der Waals surface area contributed by atoms with Crippen LogP contribution in [0.3, 0.4) is 0 Å². The minimum atomic E-state index is 0.0401. The Morgan fingerprint density at radius 2 is 2.22 bits per heavy atom. The van der Waals surface area contributed by atoms with E-state index in [-0.39, 0.29) is 17.2 Å². The zero-order valence-corrected chi connectivity index (χ0v) is 11.8. The second-order valence-electron chi connectivity index (χ2n) is 5.79. The van der Waals surface area contributed by atoms with Crippen molar-refractivity contribution in [2.24, 2.45) is 11.3 Å². The van der Waals surface area contributed by atoms with Crippen molar-refractivity contribution < 1.29 is 9.53 Å². The number of nitrogens with one attached hydrogen (secondary N) is 2. The van der Waals surface area contributed by atoms with Crippen molar-refractivity contribution in [3.63, 3.8) is 0 Å². The number of rotatable bonds is 6. The normalized spacial score (nSPS) is 30.4. The summed E-state index contributed by atoms with van der Waals surface area (Å²) in [6.45, 7) is 5.54. The Morgan fingerprint density at radius 3 is 2.72 bits per heavy atom. The maximum atomic E-state index is 12.0. The van der Waals surface area contributed by atoms with Gasteiger partial charge in [0, 0.05) is 30.5 Å². The lowest BCUT2D eigenvalue weighted by atomic mass is 9.51. The lowest BCUT2D eigenvalue weighted by Crippen LogP contribution is -2.68. The van der Waals surface area contributed by atoms with Crippen molar-refractivity contribution in [1.29, 1.82) is 0 Å². The van der Waals surface area contributed by atoms with Crippen molar-refractivity contribution in [3.05, 3.63) is 0 Å². The summed E-state index contributed by atoms with van der Waals surface area (Å²) < 4.78 is 5.79. The van der Waals surface area contributed by atoms with E-state index in [4.69, 9.17) is 4.74 Å². The molecule has 0 aromatic rings. The average Bonchev–Trinajstić information content (AvgIpc) is 2.25. The Kier molecular flexibility index (Phi) is 4.28. The van der Waals surface area contributed by atoms with E-state index in [0.717, 1.165) is 19.6 Å². The quantitative estimate of drug-likeness (QED) is 0.751. The molecule has 2 aliphatic rings. The molecule has 3 atom stereocenters. The van der Waals surface area contributed by atoms with Crippen LogP contribution in [0.4, 0.5) is 0 Å². The third kappa shape index (κ3) is 2.28. The molecule has 0 bridgehead atoms. The van der Waals surface area contributed by atoms with Gasteiger partial charge in [-0.15, -0.1) is 0 Å². The van der Waals surface area contributed by atoms with Crippen LogP contribution in [0.2, 0.25) is 0 Å². The minimum absolute atomic E-state index is 0.0401. The SMILES string of the molecule is CCOC1CC(NC(=O)C(C)CNC)C12CCC2. The van der Waals surface area contributed by atoms with Crippen molar-refractivity contribution in [2.75, 3.05) is 20.2 Å². The summed E-state index contributed by atoms with van der Waals surface area (Å²) in [6, 6.07) is 0.342. The van der Waals surface area contributed by atoms with E-state index >= 15 is 0 Å². The number of amides is 1. The maximum absolute atomic E-state index is 12.0. The van der Waals surface area contributed by atoms with Gasteiger partial charge in [-0.1, -0.05) is 13.3 Å². The topological polar surface area (TPSA) is 50.4 Å². The molecule has 0 radical (unpaired) electrons. The molecule has 4 nitrogen and oxygen atoms in total. The van der Waals surface area contributed by atoms with Crippen LogP contribution in [0.5, 0.6) is 0 Å². The average molecular weight is 254 g/mol. The van der Waals surface area contributed by atoms with Gasteiger partial charge >= 0.3 is 0 Å². The molecular formula is C14H26N2O2. The van der Waals surface area contributed by atoms with Gasteiger partial charge < -0.3 is 15.4 Å². The van der Waals surface area contributed by atoms with Crippen LogP contribution in [0, 0.1) is 11.3 Å². The second kappa shape index (κ2) is 5.57. The summed E-state index contributed by atoms with van der Waals surface area (Å²) in [7, 11) is 1.88. The predicted molar refractivity (Wildman–Crippen MR) is 71.3 cm³/mol. The molecule has 0 saturated heterocycles. The first kappa shape index (κ1) is 13.8. The van der Waals surface area contributed by atoms with Gasteiger partial charge in [-0.2, -0.15) is 0 Å². The molecule has 2 saturated carbocycles. The summed E-state index contributed by atoms with van der Waals surface area (Å²) >= 11 is 0. The van der Waals surface area contributed by atoms with Crippen molar-refractivity contribution in [2.45, 2.75) is 51.7 Å². The zero-order chi connectivity index (χ0) is 13.2. The Labute approximate surface area is 110 Å². The van der Waals surface area contributed by atoms with E-state index in [1.54, 1.807) is 0 Å². The molecular weight excluding hydrogens is 228 g/mol. The smallest absolute Gasteiger partial charge is 0.224 e. The van der Waals surface area contributed by atoms with Crippen LogP contribution in [-0.2, 0) is 9.53 Å². The number of ether oxygens (including phenoxy) is 1. The molecule has 2 N–H and O–H groups in total. The molecule has 2 fully saturated rings. The highest BCUT2D eigenvalue weighted by Crippen LogP contribution is 2.57. The van der Waals surface area contributed by atoms with E-state index in [2.05, 4.69) is 10.6 Å². The highest BCUT2D eigenvalue weighted by Gasteiger charge is 2.59. The minimum Gasteiger partial charge on any atom is -0.378 e. The van der Waals surface area contributed by atoms with Crippen molar-refractivity contribution >= 4 is 5.91 Å². The van der Waals surface area contributed by atoms with Crippen LogP contribution in [0.25, 0.3) is 0 Å². The van der Waals surface area contributed by atoms with Crippen LogP contribution >= 0.6 is 0 Å². The van der Waals surface area contributed by atoms with Gasteiger partial charge in [0.15, 0.2) is 0 Å². The van der Waals surface area contributed by atoms with Gasteiger partial charge in [-0.3, -0.25) is 4.79 Å². The predicted octanol–water partition coefficient (Wildman–Crippen LogP) is 1.31. The Bertz CT molecular complexity index is 302. The summed E-state index contributed by atoms with van der Waals surface area (Å²) in [4.78, 5) is 12.0. The van der Waals surface area contributed by atoms with Crippen molar-refractivity contribution in [3.8, 4) is 0 Å². The van der Waals surface area contributed by atoms with Gasteiger partial charge in [0.1, 0.15) is 0 Å². The first-order chi connectivity index (χ1) is 8.64. The molecule has 1 spiro atoms. The highest BCUT2D eigenvalue weighted by molar-refractivity contribution is 5.79. The monoisotopic (exact) mass is 254 g/mol. The van der Waals surface area contributed by atoms with E-state index in [9.17, 15) is 4.79 Å². The number of hydrogen-bond donors (Lipinski definition) is 2. The number of hydrogen-bond acceptors (Lipinski definition) is 3. The van der Waals surface area contributed by atoms with Crippen LogP contribution in [0.1, 0.15) is 39.5 Å². The largest absolute Gasteiger partial charge is 0.378 e. The van der Waals surface area contributed by atoms with Gasteiger partial charge in [-0.05, 0) is 33.2 Å². The van der Waals surface area contributed by atoms with E-state index < -0.39 is 0 Å². The molecule has 18 heavy (non-hydrogen) atoms. The van der Waals surface area contributed by atoms with Gasteiger partial charge in [0.25, 0.3) is 0 Å². The van der Waals surface area contributed by atoms with Gasteiger partial charge in [0.2, 0.25) is 5.91 Å². The Balaban J connectivity index is 1.86. The van der Waals surface area contributed by atoms with Gasteiger partial charge in [0.05, 0.1) is 6.10 Å². The van der Waals surface area contributed by atoms with E-state index in [1.165, 1.54) is 19.3 Å². The number of carbonyl (C=O) groups is 1. The molecule has 0 heterocycles. The molecule has 3 unspecified atom stereocenters. The second-order valence-corrected chi connectivity index (χ2v) is 5.79. The summed E-state index contributed by atoms with van der Waals surface area (Å²) in [6.07, 6.45) is 5.07. The molecule has 1 amide bonds. The molecule has 0 aromatic heterocycles. The van der Waals surface area contributed by atoms with Crippen LogP contribution < -0.4 is 10.6 Å². The molecule has 2 rings (SSSR count). The van der Waals surface area contributed by atoms with Crippen LogP contribution in [-0.4, -0.2) is 38.3 Å². The summed E-state index contributed by atoms with van der Waals surface area (Å²) in [5.41, 5.74) is 0.269. The first-order valence-electron chi connectivity index (χ1n) is 7.20. The lowest BCUT2D eigenvalue weighted by molar-refractivity contribution is -0.176. The fourth-order valence-electron chi connectivity index (χ4n) is 3.35. The standard InChI is InChI=1S/C14H26N2O2/c1-4-18-12-8-11(14(12)6-5-7-14)16-13(17)10(2)9-15-3/h10-12,15H,4-9H2,1-3H3,(H,16,17). The fraction of sp³-hybridized carbons (Fsp3) is 0.929. The molecule has 0 aromatic carbocycles. The van der Waals surface area contributed by atoms with Crippen LogP contribution in [0.15, 0.2) is 0 Å². The molecule has 2 aliphatic carbocycles. The van der Waals surface area contributed by atoms with Crippen molar-refractivity contribution in [1.82, 2.24) is 10.6 Å². The van der Waals surface area contributed by atoms with E-state index in [1.807, 2.05) is 20.9 Å². The Morgan fingerprint density at radius 1 is 1.50 bits per heavy atom. The highest BCUT2D eigenvalue weighted by atomic mass is 16.5. The molecule has 104 valence electrons. The first-order valence-corrected chi connectivity index (χ1v) is 7.20. The lowest BCUT2D eigenvalue weighted by Gasteiger charge is -2.61. The zero-order valence-electron chi connectivity index (χ0n) is 11.8. The molecule has 0 aliphatic heterocycles. The Hall–Kier alpha value is -0.610. The fourth-order valence-corrected chi connectivity index (χ4v) is 3.35. The third-order valence-electron chi connectivity index (χ3n) is 4.71. The summed E-state index contributed by atoms with van der Waals surface area (Å²) in [5, 5.41) is 6.27.